The fourth-order valence-electron chi connectivity index (χ4n) is 1.03. The van der Waals surface area contributed by atoms with Gasteiger partial charge in [0.15, 0.2) is 0 Å². The number of hydrogen-bond donors (Lipinski definition) is 1. The van der Waals surface area contributed by atoms with Crippen molar-refractivity contribution >= 4 is 11.9 Å². The molecule has 1 amide bonds. The van der Waals surface area contributed by atoms with E-state index >= 15 is 0 Å². The van der Waals surface area contributed by atoms with Crippen LogP contribution in [0.15, 0.2) is 0 Å². The lowest BCUT2D eigenvalue weighted by Crippen LogP contribution is -2.51. The van der Waals surface area contributed by atoms with Crippen LogP contribution in [0.5, 0.6) is 0 Å². The van der Waals surface area contributed by atoms with Crippen LogP contribution >= 0.6 is 0 Å². The van der Waals surface area contributed by atoms with Gasteiger partial charge in [0.1, 0.15) is 5.54 Å². The molecular formula is C11H21NO3. The Morgan fingerprint density at radius 2 is 1.53 bits per heavy atom. The molecule has 1 N–H and O–H groups in total. The zero-order valence-electron chi connectivity index (χ0n) is 10.4. The van der Waals surface area contributed by atoms with Gasteiger partial charge in [0, 0.05) is 13.5 Å². The molecule has 0 aliphatic heterocycles. The maximum Gasteiger partial charge on any atom is 0.329 e. The van der Waals surface area contributed by atoms with E-state index in [0.29, 0.717) is 6.42 Å². The van der Waals surface area contributed by atoms with E-state index in [1.807, 2.05) is 20.8 Å². The Hall–Kier alpha value is -1.06. The molecule has 0 aliphatic rings. The van der Waals surface area contributed by atoms with E-state index in [2.05, 4.69) is 0 Å². The number of carboxylic acid groups (broad SMARTS) is 1. The van der Waals surface area contributed by atoms with Crippen LogP contribution in [-0.4, -0.2) is 34.5 Å². The van der Waals surface area contributed by atoms with Crippen molar-refractivity contribution in [2.24, 2.45) is 5.41 Å². The Kier molecular flexibility index (Phi) is 3.91. The van der Waals surface area contributed by atoms with Gasteiger partial charge in [-0.15, -0.1) is 0 Å². The zero-order chi connectivity index (χ0) is 12.4. The van der Waals surface area contributed by atoms with E-state index in [1.54, 1.807) is 0 Å². The van der Waals surface area contributed by atoms with Crippen LogP contribution in [0.25, 0.3) is 0 Å². The first-order chi connectivity index (χ1) is 6.48. The van der Waals surface area contributed by atoms with Gasteiger partial charge in [-0.05, 0) is 19.3 Å². The van der Waals surface area contributed by atoms with Crippen molar-refractivity contribution in [1.29, 1.82) is 0 Å². The molecule has 0 aromatic carbocycles. The third-order valence-electron chi connectivity index (χ3n) is 2.42. The first-order valence-electron chi connectivity index (χ1n) is 4.98. The largest absolute Gasteiger partial charge is 0.480 e. The van der Waals surface area contributed by atoms with E-state index in [0.717, 1.165) is 0 Å². The van der Waals surface area contributed by atoms with Crippen molar-refractivity contribution < 1.29 is 14.7 Å². The van der Waals surface area contributed by atoms with Crippen molar-refractivity contribution in [2.45, 2.75) is 46.6 Å². The average molecular weight is 215 g/mol. The maximum atomic E-state index is 11.8. The Labute approximate surface area is 91.3 Å². The SMILES string of the molecule is CN(C(=O)CC(C)(C)C)C(C)(C)C(=O)O. The first-order valence-corrected chi connectivity index (χ1v) is 4.98. The summed E-state index contributed by atoms with van der Waals surface area (Å²) in [5.74, 6) is -1.14. The van der Waals surface area contributed by atoms with Crippen LogP contribution in [0, 0.1) is 5.41 Å². The molecular weight excluding hydrogens is 194 g/mol. The lowest BCUT2D eigenvalue weighted by molar-refractivity contribution is -0.156. The molecule has 0 fully saturated rings. The molecule has 0 heterocycles. The standard InChI is InChI=1S/C11H21NO3/c1-10(2,3)7-8(13)12(6)11(4,5)9(14)15/h7H2,1-6H3,(H,14,15). The van der Waals surface area contributed by atoms with Crippen molar-refractivity contribution in [2.75, 3.05) is 7.05 Å². The quantitative estimate of drug-likeness (QED) is 0.780. The Balaban J connectivity index is 4.66. The highest BCUT2D eigenvalue weighted by Gasteiger charge is 2.36. The fraction of sp³-hybridized carbons (Fsp3) is 0.818. The summed E-state index contributed by atoms with van der Waals surface area (Å²) in [6.45, 7) is 8.90. The first kappa shape index (κ1) is 13.9. The highest BCUT2D eigenvalue weighted by atomic mass is 16.4. The third kappa shape index (κ3) is 3.90. The van der Waals surface area contributed by atoms with Crippen LogP contribution in [0.2, 0.25) is 0 Å². The molecule has 0 saturated heterocycles. The highest BCUT2D eigenvalue weighted by Crippen LogP contribution is 2.22. The number of amides is 1. The van der Waals surface area contributed by atoms with Crippen molar-refractivity contribution in [3.8, 4) is 0 Å². The summed E-state index contributed by atoms with van der Waals surface area (Å²) >= 11 is 0. The average Bonchev–Trinajstić information content (AvgIpc) is 1.99. The Bertz CT molecular complexity index is 263. The second-order valence-corrected chi connectivity index (χ2v) is 5.55. The monoisotopic (exact) mass is 215 g/mol. The minimum Gasteiger partial charge on any atom is -0.480 e. The number of carbonyl (C=O) groups is 2. The summed E-state index contributed by atoms with van der Waals surface area (Å²) in [4.78, 5) is 24.0. The smallest absolute Gasteiger partial charge is 0.329 e. The van der Waals surface area contributed by atoms with Gasteiger partial charge in [0.2, 0.25) is 5.91 Å². The van der Waals surface area contributed by atoms with Gasteiger partial charge in [0.05, 0.1) is 0 Å². The summed E-state index contributed by atoms with van der Waals surface area (Å²) in [5.41, 5.74) is -1.28. The van der Waals surface area contributed by atoms with Gasteiger partial charge in [-0.1, -0.05) is 20.8 Å². The van der Waals surface area contributed by atoms with E-state index in [4.69, 9.17) is 5.11 Å². The number of nitrogens with zero attached hydrogens (tertiary/aromatic N) is 1. The zero-order valence-corrected chi connectivity index (χ0v) is 10.4. The lowest BCUT2D eigenvalue weighted by atomic mass is 9.90. The molecule has 4 nitrogen and oxygen atoms in total. The molecule has 0 bridgehead atoms. The topological polar surface area (TPSA) is 57.6 Å². The Morgan fingerprint density at radius 1 is 1.13 bits per heavy atom. The van der Waals surface area contributed by atoms with E-state index in [-0.39, 0.29) is 11.3 Å². The highest BCUT2D eigenvalue weighted by molar-refractivity contribution is 5.86. The number of rotatable bonds is 3. The summed E-state index contributed by atoms with van der Waals surface area (Å²) < 4.78 is 0. The predicted octanol–water partition coefficient (Wildman–Crippen LogP) is 1.74. The molecule has 0 aliphatic carbocycles. The van der Waals surface area contributed by atoms with Gasteiger partial charge in [-0.25, -0.2) is 4.79 Å². The second-order valence-electron chi connectivity index (χ2n) is 5.55. The summed E-state index contributed by atoms with van der Waals surface area (Å²) in [5, 5.41) is 8.96. The molecule has 4 heteroatoms. The van der Waals surface area contributed by atoms with Crippen molar-refractivity contribution in [3.63, 3.8) is 0 Å². The van der Waals surface area contributed by atoms with E-state index in [9.17, 15) is 9.59 Å². The molecule has 0 saturated carbocycles. The van der Waals surface area contributed by atoms with Gasteiger partial charge < -0.3 is 10.0 Å². The maximum absolute atomic E-state index is 11.8. The lowest BCUT2D eigenvalue weighted by Gasteiger charge is -2.33. The van der Waals surface area contributed by atoms with Crippen molar-refractivity contribution in [1.82, 2.24) is 4.90 Å². The van der Waals surface area contributed by atoms with Crippen LogP contribution < -0.4 is 0 Å². The number of hydrogen-bond acceptors (Lipinski definition) is 2. The molecule has 0 radical (unpaired) electrons. The number of aliphatic carboxylic acids is 1. The summed E-state index contributed by atoms with van der Waals surface area (Å²) in [6, 6.07) is 0. The molecule has 0 aromatic heterocycles. The van der Waals surface area contributed by atoms with Crippen LogP contribution in [0.4, 0.5) is 0 Å². The minimum atomic E-state index is -1.15. The molecule has 0 spiro atoms. The molecule has 15 heavy (non-hydrogen) atoms. The van der Waals surface area contributed by atoms with E-state index < -0.39 is 11.5 Å². The molecule has 0 atom stereocenters. The Morgan fingerprint density at radius 3 is 1.80 bits per heavy atom. The van der Waals surface area contributed by atoms with Gasteiger partial charge in [-0.2, -0.15) is 0 Å². The molecule has 88 valence electrons. The van der Waals surface area contributed by atoms with Crippen LogP contribution in [-0.2, 0) is 9.59 Å². The predicted molar refractivity (Wildman–Crippen MR) is 58.6 cm³/mol. The number of carboxylic acids is 1. The second kappa shape index (κ2) is 4.21. The minimum absolute atomic E-state index is 0.125. The van der Waals surface area contributed by atoms with E-state index in [1.165, 1.54) is 25.8 Å². The molecule has 0 unspecified atom stereocenters. The third-order valence-corrected chi connectivity index (χ3v) is 2.42. The van der Waals surface area contributed by atoms with Crippen LogP contribution in [0.1, 0.15) is 41.0 Å². The number of likely N-dealkylation sites (N-methyl/N-ethyl adjacent to an activating group) is 1. The molecule has 0 rings (SSSR count). The fourth-order valence-corrected chi connectivity index (χ4v) is 1.03. The normalized spacial score (nSPS) is 12.4. The van der Waals surface area contributed by atoms with Gasteiger partial charge in [-0.3, -0.25) is 4.79 Å². The summed E-state index contributed by atoms with van der Waals surface area (Å²) in [6.07, 6.45) is 0.347. The number of carbonyl (C=O) groups excluding carboxylic acids is 1. The summed E-state index contributed by atoms with van der Waals surface area (Å²) in [7, 11) is 1.53. The van der Waals surface area contributed by atoms with Crippen LogP contribution in [0.3, 0.4) is 0 Å². The van der Waals surface area contributed by atoms with Gasteiger partial charge >= 0.3 is 5.97 Å². The van der Waals surface area contributed by atoms with Crippen molar-refractivity contribution in [3.05, 3.63) is 0 Å². The van der Waals surface area contributed by atoms with Gasteiger partial charge in [0.25, 0.3) is 0 Å². The molecule has 0 aromatic rings.